The highest BCUT2D eigenvalue weighted by atomic mass is 32.2. The van der Waals surface area contributed by atoms with Crippen molar-refractivity contribution in [3.8, 4) is 18.1 Å². The second kappa shape index (κ2) is 5.04. The summed E-state index contributed by atoms with van der Waals surface area (Å²) < 4.78 is 26.6. The van der Waals surface area contributed by atoms with Crippen molar-refractivity contribution in [1.29, 1.82) is 0 Å². The van der Waals surface area contributed by atoms with E-state index in [0.717, 1.165) is 0 Å². The molecule has 0 saturated heterocycles. The number of aromatic hydroxyl groups is 1. The molecule has 0 aliphatic rings. The molecule has 5 heteroatoms. The van der Waals surface area contributed by atoms with Gasteiger partial charge in [-0.15, -0.1) is 6.42 Å². The third kappa shape index (κ3) is 3.06. The van der Waals surface area contributed by atoms with Crippen LogP contribution in [0.2, 0.25) is 0 Å². The molecule has 2 aromatic rings. The number of benzene rings is 2. The Hall–Kier alpha value is -2.45. The Labute approximate surface area is 111 Å². The molecule has 0 saturated carbocycles. The molecule has 0 heterocycles. The van der Waals surface area contributed by atoms with Crippen LogP contribution in [0.5, 0.6) is 5.75 Å². The van der Waals surface area contributed by atoms with E-state index in [1.54, 1.807) is 24.3 Å². The average molecular weight is 273 g/mol. The molecular formula is C14H11NO3S. The van der Waals surface area contributed by atoms with Crippen LogP contribution in [0, 0.1) is 12.3 Å². The fourth-order valence-electron chi connectivity index (χ4n) is 1.51. The van der Waals surface area contributed by atoms with Gasteiger partial charge in [0.25, 0.3) is 10.0 Å². The number of rotatable bonds is 3. The number of nitrogens with one attached hydrogen (secondary N) is 1. The standard InChI is InChI=1S/C14H11NO3S/c1-2-11-4-3-5-12(10-11)15-19(17,18)14-8-6-13(16)7-9-14/h1,3-10,15-16H. The summed E-state index contributed by atoms with van der Waals surface area (Å²) in [6.07, 6.45) is 5.26. The van der Waals surface area contributed by atoms with Crippen LogP contribution in [0.1, 0.15) is 5.56 Å². The predicted molar refractivity (Wildman–Crippen MR) is 73.3 cm³/mol. The van der Waals surface area contributed by atoms with Crippen molar-refractivity contribution in [3.05, 3.63) is 54.1 Å². The molecule has 19 heavy (non-hydrogen) atoms. The molecule has 0 atom stereocenters. The second-order valence-electron chi connectivity index (χ2n) is 3.82. The molecule has 0 amide bonds. The van der Waals surface area contributed by atoms with Gasteiger partial charge in [0.15, 0.2) is 0 Å². The lowest BCUT2D eigenvalue weighted by Gasteiger charge is -2.08. The summed E-state index contributed by atoms with van der Waals surface area (Å²) in [5, 5.41) is 9.14. The SMILES string of the molecule is C#Cc1cccc(NS(=O)(=O)c2ccc(O)cc2)c1. The molecule has 4 nitrogen and oxygen atoms in total. The highest BCUT2D eigenvalue weighted by Crippen LogP contribution is 2.19. The summed E-state index contributed by atoms with van der Waals surface area (Å²) in [5.41, 5.74) is 0.981. The van der Waals surface area contributed by atoms with Gasteiger partial charge in [-0.3, -0.25) is 4.72 Å². The molecule has 0 aromatic heterocycles. The highest BCUT2D eigenvalue weighted by molar-refractivity contribution is 7.92. The lowest BCUT2D eigenvalue weighted by molar-refractivity contribution is 0.475. The molecule has 2 aromatic carbocycles. The first-order valence-electron chi connectivity index (χ1n) is 5.40. The van der Waals surface area contributed by atoms with Gasteiger partial charge in [-0.25, -0.2) is 8.42 Å². The first-order chi connectivity index (χ1) is 9.01. The summed E-state index contributed by atoms with van der Waals surface area (Å²) >= 11 is 0. The van der Waals surface area contributed by atoms with E-state index < -0.39 is 10.0 Å². The average Bonchev–Trinajstić information content (AvgIpc) is 2.39. The Bertz CT molecular complexity index is 728. The zero-order chi connectivity index (χ0) is 13.9. The number of sulfonamides is 1. The Morgan fingerprint density at radius 1 is 1.11 bits per heavy atom. The second-order valence-corrected chi connectivity index (χ2v) is 5.51. The van der Waals surface area contributed by atoms with Gasteiger partial charge in [-0.05, 0) is 42.5 Å². The Kier molecular flexibility index (Phi) is 3.45. The molecule has 0 aliphatic carbocycles. The van der Waals surface area contributed by atoms with Crippen LogP contribution in [-0.4, -0.2) is 13.5 Å². The summed E-state index contributed by atoms with van der Waals surface area (Å²) in [6.45, 7) is 0. The molecule has 0 fully saturated rings. The molecule has 0 unspecified atom stereocenters. The maximum absolute atomic E-state index is 12.1. The third-order valence-corrected chi connectivity index (χ3v) is 3.83. The smallest absolute Gasteiger partial charge is 0.261 e. The van der Waals surface area contributed by atoms with Crippen LogP contribution in [0.3, 0.4) is 0 Å². The van der Waals surface area contributed by atoms with Gasteiger partial charge in [-0.1, -0.05) is 12.0 Å². The Morgan fingerprint density at radius 2 is 1.79 bits per heavy atom. The van der Waals surface area contributed by atoms with Crippen molar-refractivity contribution in [1.82, 2.24) is 0 Å². The van der Waals surface area contributed by atoms with Crippen LogP contribution in [0.25, 0.3) is 0 Å². The van der Waals surface area contributed by atoms with E-state index in [1.807, 2.05) is 0 Å². The lowest BCUT2D eigenvalue weighted by Crippen LogP contribution is -2.12. The number of hydrogen-bond donors (Lipinski definition) is 2. The zero-order valence-corrected chi connectivity index (χ0v) is 10.7. The quantitative estimate of drug-likeness (QED) is 0.842. The number of phenolic OH excluding ortho intramolecular Hbond substituents is 1. The first kappa shape index (κ1) is 13.0. The fourth-order valence-corrected chi connectivity index (χ4v) is 2.56. The first-order valence-corrected chi connectivity index (χ1v) is 6.88. The van der Waals surface area contributed by atoms with E-state index in [0.29, 0.717) is 11.3 Å². The van der Waals surface area contributed by atoms with Crippen molar-refractivity contribution in [3.63, 3.8) is 0 Å². The van der Waals surface area contributed by atoms with Crippen molar-refractivity contribution in [2.24, 2.45) is 0 Å². The van der Waals surface area contributed by atoms with Gasteiger partial charge < -0.3 is 5.11 Å². The van der Waals surface area contributed by atoms with Crippen molar-refractivity contribution in [2.75, 3.05) is 4.72 Å². The molecule has 0 bridgehead atoms. The summed E-state index contributed by atoms with van der Waals surface area (Å²) in [7, 11) is -3.68. The molecule has 0 aliphatic heterocycles. The summed E-state index contributed by atoms with van der Waals surface area (Å²) in [4.78, 5) is 0.0661. The van der Waals surface area contributed by atoms with Gasteiger partial charge in [0.2, 0.25) is 0 Å². The van der Waals surface area contributed by atoms with Crippen LogP contribution in [0.15, 0.2) is 53.4 Å². The number of hydrogen-bond acceptors (Lipinski definition) is 3. The van der Waals surface area contributed by atoms with Gasteiger partial charge in [0.05, 0.1) is 10.6 Å². The highest BCUT2D eigenvalue weighted by Gasteiger charge is 2.13. The zero-order valence-electron chi connectivity index (χ0n) is 9.87. The summed E-state index contributed by atoms with van der Waals surface area (Å²) in [5.74, 6) is 2.44. The normalized spacial score (nSPS) is 10.7. The number of anilines is 1. The van der Waals surface area contributed by atoms with Crippen LogP contribution < -0.4 is 4.72 Å². The predicted octanol–water partition coefficient (Wildman–Crippen LogP) is 2.17. The molecular weight excluding hydrogens is 262 g/mol. The van der Waals surface area contributed by atoms with E-state index in [2.05, 4.69) is 10.6 Å². The molecule has 96 valence electrons. The number of terminal acetylenes is 1. The van der Waals surface area contributed by atoms with Gasteiger partial charge in [-0.2, -0.15) is 0 Å². The van der Waals surface area contributed by atoms with Gasteiger partial charge in [0.1, 0.15) is 5.75 Å². The van der Waals surface area contributed by atoms with Crippen molar-refractivity contribution >= 4 is 15.7 Å². The van der Waals surface area contributed by atoms with Crippen molar-refractivity contribution < 1.29 is 13.5 Å². The largest absolute Gasteiger partial charge is 0.508 e. The van der Waals surface area contributed by atoms with Crippen LogP contribution in [0.4, 0.5) is 5.69 Å². The molecule has 0 radical (unpaired) electrons. The minimum atomic E-state index is -3.68. The molecule has 2 N–H and O–H groups in total. The van der Waals surface area contributed by atoms with E-state index in [1.165, 1.54) is 24.3 Å². The van der Waals surface area contributed by atoms with E-state index in [9.17, 15) is 8.42 Å². The summed E-state index contributed by atoms with van der Waals surface area (Å²) in [6, 6.07) is 11.8. The maximum atomic E-state index is 12.1. The van der Waals surface area contributed by atoms with Crippen LogP contribution >= 0.6 is 0 Å². The van der Waals surface area contributed by atoms with E-state index in [-0.39, 0.29) is 10.6 Å². The van der Waals surface area contributed by atoms with Crippen molar-refractivity contribution in [2.45, 2.75) is 4.90 Å². The maximum Gasteiger partial charge on any atom is 0.261 e. The van der Waals surface area contributed by atoms with E-state index in [4.69, 9.17) is 11.5 Å². The minimum absolute atomic E-state index is 0.00767. The number of phenols is 1. The molecule has 0 spiro atoms. The van der Waals surface area contributed by atoms with Crippen LogP contribution in [-0.2, 0) is 10.0 Å². The fraction of sp³-hybridized carbons (Fsp3) is 0. The Morgan fingerprint density at radius 3 is 2.42 bits per heavy atom. The monoisotopic (exact) mass is 273 g/mol. The van der Waals surface area contributed by atoms with Gasteiger partial charge in [0, 0.05) is 5.56 Å². The Balaban J connectivity index is 2.31. The topological polar surface area (TPSA) is 66.4 Å². The van der Waals surface area contributed by atoms with Gasteiger partial charge >= 0.3 is 0 Å². The minimum Gasteiger partial charge on any atom is -0.508 e. The molecule has 2 rings (SSSR count). The van der Waals surface area contributed by atoms with E-state index >= 15 is 0 Å². The third-order valence-electron chi connectivity index (χ3n) is 2.43. The lowest BCUT2D eigenvalue weighted by atomic mass is 10.2.